The van der Waals surface area contributed by atoms with E-state index in [1.54, 1.807) is 4.31 Å². The lowest BCUT2D eigenvalue weighted by atomic mass is 10.1. The highest BCUT2D eigenvalue weighted by Crippen LogP contribution is 2.26. The van der Waals surface area contributed by atoms with Crippen LogP contribution >= 0.6 is 0 Å². The number of aromatic nitrogens is 2. The third-order valence-corrected chi connectivity index (χ3v) is 7.15. The molecule has 1 saturated heterocycles. The SMILES string of the molecule is Cn1nc(CN2CCOCC2)c2c1CCN(S(=O)(=O)Cc1ccccc1)C2. The van der Waals surface area contributed by atoms with Crippen LogP contribution in [0.15, 0.2) is 30.3 Å². The first-order valence-electron chi connectivity index (χ1n) is 9.38. The van der Waals surface area contributed by atoms with Crippen LogP contribution < -0.4 is 0 Å². The Kier molecular flexibility index (Phi) is 5.32. The summed E-state index contributed by atoms with van der Waals surface area (Å²) in [5.74, 6) is 0.0439. The highest BCUT2D eigenvalue weighted by atomic mass is 32.2. The monoisotopic (exact) mass is 390 g/mol. The van der Waals surface area contributed by atoms with E-state index >= 15 is 0 Å². The Bertz CT molecular complexity index is 889. The third kappa shape index (κ3) is 4.08. The van der Waals surface area contributed by atoms with E-state index in [9.17, 15) is 8.42 Å². The minimum Gasteiger partial charge on any atom is -0.379 e. The second-order valence-electron chi connectivity index (χ2n) is 7.21. The van der Waals surface area contributed by atoms with E-state index in [0.717, 1.165) is 55.4 Å². The maximum atomic E-state index is 12.9. The normalized spacial score (nSPS) is 19.1. The summed E-state index contributed by atoms with van der Waals surface area (Å²) in [6.45, 7) is 4.94. The number of fused-ring (bicyclic) bond motifs is 1. The average Bonchev–Trinajstić information content (AvgIpc) is 2.98. The van der Waals surface area contributed by atoms with E-state index in [0.29, 0.717) is 19.5 Å². The Morgan fingerprint density at radius 3 is 2.59 bits per heavy atom. The van der Waals surface area contributed by atoms with Gasteiger partial charge in [-0.05, 0) is 5.56 Å². The van der Waals surface area contributed by atoms with Crippen LogP contribution in [0.25, 0.3) is 0 Å². The van der Waals surface area contributed by atoms with Gasteiger partial charge in [-0.3, -0.25) is 9.58 Å². The van der Waals surface area contributed by atoms with Gasteiger partial charge in [-0.25, -0.2) is 8.42 Å². The highest BCUT2D eigenvalue weighted by molar-refractivity contribution is 7.88. The van der Waals surface area contributed by atoms with E-state index in [4.69, 9.17) is 9.84 Å². The fourth-order valence-electron chi connectivity index (χ4n) is 3.86. The molecule has 3 heterocycles. The molecule has 7 nitrogen and oxygen atoms in total. The quantitative estimate of drug-likeness (QED) is 0.766. The van der Waals surface area contributed by atoms with Gasteiger partial charge < -0.3 is 4.74 Å². The molecule has 1 aromatic carbocycles. The van der Waals surface area contributed by atoms with Crippen molar-refractivity contribution in [3.63, 3.8) is 0 Å². The average molecular weight is 391 g/mol. The van der Waals surface area contributed by atoms with Crippen LogP contribution in [0.3, 0.4) is 0 Å². The molecule has 0 spiro atoms. The first-order chi connectivity index (χ1) is 13.0. The topological polar surface area (TPSA) is 67.7 Å². The van der Waals surface area contributed by atoms with Crippen molar-refractivity contribution < 1.29 is 13.2 Å². The largest absolute Gasteiger partial charge is 0.379 e. The van der Waals surface area contributed by atoms with Gasteiger partial charge in [0, 0.05) is 57.4 Å². The van der Waals surface area contributed by atoms with E-state index in [1.807, 2.05) is 42.1 Å². The number of hydrogen-bond acceptors (Lipinski definition) is 5. The summed E-state index contributed by atoms with van der Waals surface area (Å²) in [5, 5.41) is 4.70. The molecule has 27 heavy (non-hydrogen) atoms. The second kappa shape index (κ2) is 7.71. The Hall–Kier alpha value is -1.74. The molecule has 0 aliphatic carbocycles. The van der Waals surface area contributed by atoms with Gasteiger partial charge in [0.2, 0.25) is 10.0 Å². The van der Waals surface area contributed by atoms with Crippen molar-refractivity contribution in [1.82, 2.24) is 19.0 Å². The molecule has 8 heteroatoms. The summed E-state index contributed by atoms with van der Waals surface area (Å²) >= 11 is 0. The van der Waals surface area contributed by atoms with Crippen molar-refractivity contribution in [3.8, 4) is 0 Å². The zero-order valence-electron chi connectivity index (χ0n) is 15.7. The first kappa shape index (κ1) is 18.6. The number of benzene rings is 1. The number of rotatable bonds is 5. The molecule has 2 aromatic rings. The summed E-state index contributed by atoms with van der Waals surface area (Å²) in [5.41, 5.74) is 4.05. The van der Waals surface area contributed by atoms with Crippen LogP contribution in [0.4, 0.5) is 0 Å². The molecular weight excluding hydrogens is 364 g/mol. The number of sulfonamides is 1. The van der Waals surface area contributed by atoms with Crippen LogP contribution in [0, 0.1) is 0 Å². The molecule has 0 radical (unpaired) electrons. The minimum atomic E-state index is -3.36. The number of aryl methyl sites for hydroxylation is 1. The van der Waals surface area contributed by atoms with Crippen molar-refractivity contribution >= 4 is 10.0 Å². The van der Waals surface area contributed by atoms with E-state index in [2.05, 4.69) is 4.90 Å². The fourth-order valence-corrected chi connectivity index (χ4v) is 5.35. The lowest BCUT2D eigenvalue weighted by Gasteiger charge is -2.29. The van der Waals surface area contributed by atoms with Crippen molar-refractivity contribution in [2.45, 2.75) is 25.3 Å². The molecule has 2 aliphatic heterocycles. The van der Waals surface area contributed by atoms with Gasteiger partial charge in [-0.2, -0.15) is 9.40 Å². The Morgan fingerprint density at radius 2 is 1.85 bits per heavy atom. The summed E-state index contributed by atoms with van der Waals surface area (Å²) < 4.78 is 34.8. The van der Waals surface area contributed by atoms with Gasteiger partial charge in [-0.1, -0.05) is 30.3 Å². The molecule has 0 N–H and O–H groups in total. The van der Waals surface area contributed by atoms with E-state index in [-0.39, 0.29) is 5.75 Å². The summed E-state index contributed by atoms with van der Waals surface area (Å²) in [7, 11) is -1.40. The third-order valence-electron chi connectivity index (χ3n) is 5.35. The van der Waals surface area contributed by atoms with Crippen LogP contribution in [0.2, 0.25) is 0 Å². The summed E-state index contributed by atoms with van der Waals surface area (Å²) in [4.78, 5) is 2.32. The zero-order valence-corrected chi connectivity index (χ0v) is 16.5. The van der Waals surface area contributed by atoms with E-state index < -0.39 is 10.0 Å². The molecule has 0 saturated carbocycles. The highest BCUT2D eigenvalue weighted by Gasteiger charge is 2.31. The van der Waals surface area contributed by atoms with Crippen LogP contribution in [0.5, 0.6) is 0 Å². The Balaban J connectivity index is 1.53. The molecule has 0 amide bonds. The smallest absolute Gasteiger partial charge is 0.218 e. The molecule has 1 aromatic heterocycles. The zero-order chi connectivity index (χ0) is 18.9. The van der Waals surface area contributed by atoms with E-state index in [1.165, 1.54) is 0 Å². The van der Waals surface area contributed by atoms with Gasteiger partial charge >= 0.3 is 0 Å². The first-order valence-corrected chi connectivity index (χ1v) is 11.0. The predicted molar refractivity (Wildman–Crippen MR) is 102 cm³/mol. The van der Waals surface area contributed by atoms with Gasteiger partial charge in [-0.15, -0.1) is 0 Å². The summed E-state index contributed by atoms with van der Waals surface area (Å²) in [6, 6.07) is 9.37. The summed E-state index contributed by atoms with van der Waals surface area (Å²) in [6.07, 6.45) is 0.704. The molecule has 0 unspecified atom stereocenters. The van der Waals surface area contributed by atoms with Gasteiger partial charge in [0.25, 0.3) is 0 Å². The number of ether oxygens (including phenoxy) is 1. The van der Waals surface area contributed by atoms with Crippen molar-refractivity contribution in [3.05, 3.63) is 52.8 Å². The van der Waals surface area contributed by atoms with Gasteiger partial charge in [0.15, 0.2) is 0 Å². The fraction of sp³-hybridized carbons (Fsp3) is 0.526. The van der Waals surface area contributed by atoms with Crippen molar-refractivity contribution in [2.75, 3.05) is 32.8 Å². The maximum absolute atomic E-state index is 12.9. The second-order valence-corrected chi connectivity index (χ2v) is 9.18. The molecule has 2 aliphatic rings. The lowest BCUT2D eigenvalue weighted by molar-refractivity contribution is 0.0334. The molecule has 0 atom stereocenters. The molecule has 4 rings (SSSR count). The Labute approximate surface area is 160 Å². The van der Waals surface area contributed by atoms with Crippen molar-refractivity contribution in [2.24, 2.45) is 7.05 Å². The molecule has 146 valence electrons. The number of hydrogen-bond donors (Lipinski definition) is 0. The molecule has 1 fully saturated rings. The lowest BCUT2D eigenvalue weighted by Crippen LogP contribution is -2.38. The molecule has 0 bridgehead atoms. The van der Waals surface area contributed by atoms with Gasteiger partial charge in [0.1, 0.15) is 0 Å². The van der Waals surface area contributed by atoms with Gasteiger partial charge in [0.05, 0.1) is 24.7 Å². The van der Waals surface area contributed by atoms with Crippen LogP contribution in [0.1, 0.15) is 22.5 Å². The van der Waals surface area contributed by atoms with Crippen molar-refractivity contribution in [1.29, 1.82) is 0 Å². The minimum absolute atomic E-state index is 0.0439. The van der Waals surface area contributed by atoms with Crippen LogP contribution in [-0.2, 0) is 47.1 Å². The number of morpholine rings is 1. The Morgan fingerprint density at radius 1 is 1.11 bits per heavy atom. The predicted octanol–water partition coefficient (Wildman–Crippen LogP) is 1.14. The molecular formula is C19H26N4O3S. The number of nitrogens with zero attached hydrogens (tertiary/aromatic N) is 4. The maximum Gasteiger partial charge on any atom is 0.218 e. The van der Waals surface area contributed by atoms with Crippen LogP contribution in [-0.4, -0.2) is 60.3 Å². The standard InChI is InChI=1S/C19H26N4O3S/c1-21-19-7-8-23(27(24,25)15-16-5-3-2-4-6-16)13-17(19)18(20-21)14-22-9-11-26-12-10-22/h2-6H,7-15H2,1H3.